The highest BCUT2D eigenvalue weighted by molar-refractivity contribution is 6.03. The number of hydrogen-bond acceptors (Lipinski definition) is 5. The number of cyclic esters (lactones) is 2. The third-order valence-electron chi connectivity index (χ3n) is 6.71. The van der Waals surface area contributed by atoms with Crippen molar-refractivity contribution in [2.24, 2.45) is 0 Å². The van der Waals surface area contributed by atoms with E-state index in [4.69, 9.17) is 14.2 Å². The molecule has 0 bridgehead atoms. The number of hydrogen-bond donors (Lipinski definition) is 0. The lowest BCUT2D eigenvalue weighted by molar-refractivity contribution is -0.170. The van der Waals surface area contributed by atoms with Crippen molar-refractivity contribution in [3.63, 3.8) is 0 Å². The van der Waals surface area contributed by atoms with Crippen molar-refractivity contribution in [2.75, 3.05) is 7.11 Å². The van der Waals surface area contributed by atoms with E-state index in [9.17, 15) is 9.59 Å². The number of carbonyl (C=O) groups excluding carboxylic acids is 2. The summed E-state index contributed by atoms with van der Waals surface area (Å²) in [6.07, 6.45) is 6.27. The third-order valence-corrected chi connectivity index (χ3v) is 6.71. The van der Waals surface area contributed by atoms with Crippen LogP contribution in [0.3, 0.4) is 0 Å². The van der Waals surface area contributed by atoms with Gasteiger partial charge in [0.15, 0.2) is 5.92 Å². The Balaban J connectivity index is 1.48. The Morgan fingerprint density at radius 1 is 0.818 bits per heavy atom. The highest BCUT2D eigenvalue weighted by atomic mass is 16.7. The van der Waals surface area contributed by atoms with E-state index in [-0.39, 0.29) is 5.95 Å². The van der Waals surface area contributed by atoms with Gasteiger partial charge in [-0.05, 0) is 82.6 Å². The predicted octanol–water partition coefficient (Wildman–Crippen LogP) is 6.22. The van der Waals surface area contributed by atoms with Crippen LogP contribution < -0.4 is 4.74 Å². The standard InChI is InChI=1S/C28H26O5/c1-17-32-27(29)26(28(30)33-17)23-11-10-19-14-20(8-9-21(19)15-23)22-12-13-25(31-2)24(16-22)18-6-4-3-5-7-18/h8-16,18,26H,1,3-7H2,2H3. The minimum absolute atomic E-state index is 0.279. The van der Waals surface area contributed by atoms with Gasteiger partial charge in [0, 0.05) is 0 Å². The molecule has 168 valence electrons. The zero-order valence-corrected chi connectivity index (χ0v) is 18.6. The summed E-state index contributed by atoms with van der Waals surface area (Å²) >= 11 is 0. The summed E-state index contributed by atoms with van der Waals surface area (Å²) in [6, 6.07) is 18.2. The molecule has 1 saturated heterocycles. The van der Waals surface area contributed by atoms with Gasteiger partial charge in [-0.2, -0.15) is 0 Å². The van der Waals surface area contributed by atoms with Crippen molar-refractivity contribution in [1.82, 2.24) is 0 Å². The number of fused-ring (bicyclic) bond motifs is 1. The van der Waals surface area contributed by atoms with Gasteiger partial charge in [0.1, 0.15) is 5.75 Å². The van der Waals surface area contributed by atoms with E-state index < -0.39 is 17.9 Å². The van der Waals surface area contributed by atoms with Crippen molar-refractivity contribution >= 4 is 22.7 Å². The smallest absolute Gasteiger partial charge is 0.332 e. The van der Waals surface area contributed by atoms with Crippen molar-refractivity contribution in [3.8, 4) is 16.9 Å². The molecule has 1 aliphatic heterocycles. The first-order valence-corrected chi connectivity index (χ1v) is 11.4. The molecular formula is C28H26O5. The average molecular weight is 443 g/mol. The second-order valence-corrected chi connectivity index (χ2v) is 8.76. The molecule has 0 amide bonds. The third kappa shape index (κ3) is 4.11. The van der Waals surface area contributed by atoms with Crippen LogP contribution in [0, 0.1) is 0 Å². The summed E-state index contributed by atoms with van der Waals surface area (Å²) in [4.78, 5) is 24.4. The van der Waals surface area contributed by atoms with E-state index in [1.807, 2.05) is 18.2 Å². The van der Waals surface area contributed by atoms with Crippen molar-refractivity contribution in [3.05, 3.63) is 78.2 Å². The Morgan fingerprint density at radius 3 is 2.18 bits per heavy atom. The van der Waals surface area contributed by atoms with Crippen LogP contribution in [0.2, 0.25) is 0 Å². The number of carbonyl (C=O) groups is 2. The van der Waals surface area contributed by atoms with Crippen LogP contribution >= 0.6 is 0 Å². The molecule has 0 atom stereocenters. The van der Waals surface area contributed by atoms with Crippen LogP contribution in [0.5, 0.6) is 5.75 Å². The maximum atomic E-state index is 12.2. The number of ether oxygens (including phenoxy) is 3. The molecule has 2 aliphatic rings. The van der Waals surface area contributed by atoms with Crippen LogP contribution in [-0.2, 0) is 19.1 Å². The summed E-state index contributed by atoms with van der Waals surface area (Å²) in [5.41, 5.74) is 4.10. The van der Waals surface area contributed by atoms with E-state index in [0.29, 0.717) is 11.5 Å². The molecule has 3 aromatic carbocycles. The first-order valence-electron chi connectivity index (χ1n) is 11.4. The highest BCUT2D eigenvalue weighted by Gasteiger charge is 2.37. The fourth-order valence-electron chi connectivity index (χ4n) is 5.00. The SMILES string of the molecule is C=C1OC(=O)C(c2ccc3cc(-c4ccc(OC)c(C5CCCCC5)c4)ccc3c2)C(=O)O1. The highest BCUT2D eigenvalue weighted by Crippen LogP contribution is 2.40. The summed E-state index contributed by atoms with van der Waals surface area (Å²) in [5.74, 6) is -1.20. The molecule has 0 N–H and O–H groups in total. The van der Waals surface area contributed by atoms with Crippen LogP contribution in [0.4, 0.5) is 0 Å². The molecule has 1 saturated carbocycles. The number of rotatable bonds is 4. The van der Waals surface area contributed by atoms with Gasteiger partial charge in [0.05, 0.1) is 7.11 Å². The zero-order valence-electron chi connectivity index (χ0n) is 18.6. The van der Waals surface area contributed by atoms with Gasteiger partial charge in [-0.15, -0.1) is 0 Å². The molecule has 3 aromatic rings. The van der Waals surface area contributed by atoms with Gasteiger partial charge in [0.25, 0.3) is 5.95 Å². The zero-order chi connectivity index (χ0) is 22.9. The Kier molecular flexibility index (Phi) is 5.63. The van der Waals surface area contributed by atoms with Crippen molar-refractivity contribution < 1.29 is 23.8 Å². The van der Waals surface area contributed by atoms with E-state index >= 15 is 0 Å². The lowest BCUT2D eigenvalue weighted by Gasteiger charge is -2.24. The molecule has 1 heterocycles. The van der Waals surface area contributed by atoms with Gasteiger partial charge >= 0.3 is 11.9 Å². The van der Waals surface area contributed by atoms with Crippen molar-refractivity contribution in [1.29, 1.82) is 0 Å². The first kappa shape index (κ1) is 21.3. The quantitative estimate of drug-likeness (QED) is 0.355. The average Bonchev–Trinajstić information content (AvgIpc) is 2.83. The van der Waals surface area contributed by atoms with Crippen LogP contribution in [-0.4, -0.2) is 19.0 Å². The van der Waals surface area contributed by atoms with Gasteiger partial charge in [-0.1, -0.05) is 49.6 Å². The normalized spacial score (nSPS) is 17.7. The number of esters is 2. The Hall–Kier alpha value is -3.60. The molecule has 0 unspecified atom stereocenters. The maximum absolute atomic E-state index is 12.2. The van der Waals surface area contributed by atoms with Gasteiger partial charge < -0.3 is 14.2 Å². The molecule has 0 aromatic heterocycles. The predicted molar refractivity (Wildman–Crippen MR) is 126 cm³/mol. The van der Waals surface area contributed by atoms with Crippen LogP contribution in [0.15, 0.2) is 67.1 Å². The van der Waals surface area contributed by atoms with E-state index in [2.05, 4.69) is 36.9 Å². The lowest BCUT2D eigenvalue weighted by Crippen LogP contribution is -2.31. The molecule has 2 fully saturated rings. The summed E-state index contributed by atoms with van der Waals surface area (Å²) in [6.45, 7) is 3.38. The monoisotopic (exact) mass is 442 g/mol. The van der Waals surface area contributed by atoms with Gasteiger partial charge in [-0.3, -0.25) is 9.59 Å². The summed E-state index contributed by atoms with van der Waals surface area (Å²) in [7, 11) is 1.74. The first-order chi connectivity index (χ1) is 16.0. The van der Waals surface area contributed by atoms with Crippen LogP contribution in [0.1, 0.15) is 55.1 Å². The second-order valence-electron chi connectivity index (χ2n) is 8.76. The molecule has 0 radical (unpaired) electrons. The van der Waals surface area contributed by atoms with Gasteiger partial charge in [0.2, 0.25) is 0 Å². The molecule has 5 nitrogen and oxygen atoms in total. The Morgan fingerprint density at radius 2 is 1.45 bits per heavy atom. The summed E-state index contributed by atoms with van der Waals surface area (Å²) < 4.78 is 15.5. The molecule has 0 spiro atoms. The minimum atomic E-state index is -1.10. The van der Waals surface area contributed by atoms with Crippen LogP contribution in [0.25, 0.3) is 21.9 Å². The fraction of sp³-hybridized carbons (Fsp3) is 0.286. The largest absolute Gasteiger partial charge is 0.496 e. The minimum Gasteiger partial charge on any atom is -0.496 e. The second kappa shape index (κ2) is 8.74. The molecular weight excluding hydrogens is 416 g/mol. The number of benzene rings is 3. The van der Waals surface area contributed by atoms with E-state index in [1.165, 1.54) is 37.7 Å². The number of methoxy groups -OCH3 is 1. The molecule has 5 rings (SSSR count). The Labute approximate surface area is 193 Å². The summed E-state index contributed by atoms with van der Waals surface area (Å²) in [5, 5.41) is 1.95. The molecule has 1 aliphatic carbocycles. The van der Waals surface area contributed by atoms with Gasteiger partial charge in [-0.25, -0.2) is 0 Å². The van der Waals surface area contributed by atoms with E-state index in [1.54, 1.807) is 13.2 Å². The maximum Gasteiger partial charge on any atom is 0.332 e. The topological polar surface area (TPSA) is 61.8 Å². The van der Waals surface area contributed by atoms with Crippen molar-refractivity contribution in [2.45, 2.75) is 43.9 Å². The van der Waals surface area contributed by atoms with E-state index in [0.717, 1.165) is 27.6 Å². The fourth-order valence-corrected chi connectivity index (χ4v) is 5.00. The molecule has 33 heavy (non-hydrogen) atoms. The molecule has 5 heteroatoms. The lowest BCUT2D eigenvalue weighted by atomic mass is 9.82. The Bertz CT molecular complexity index is 1230.